The highest BCUT2D eigenvalue weighted by Crippen LogP contribution is 2.05. The second kappa shape index (κ2) is 5.95. The zero-order valence-electron chi connectivity index (χ0n) is 11.1. The van der Waals surface area contributed by atoms with E-state index in [1.807, 2.05) is 13.8 Å². The van der Waals surface area contributed by atoms with Crippen molar-refractivity contribution in [2.75, 3.05) is 19.6 Å². The molecule has 2 rings (SSSR count). The molecule has 1 aliphatic heterocycles. The Balaban J connectivity index is 1.90. The van der Waals surface area contributed by atoms with Crippen molar-refractivity contribution < 1.29 is 4.79 Å². The van der Waals surface area contributed by atoms with Crippen LogP contribution in [0.1, 0.15) is 25.5 Å². The van der Waals surface area contributed by atoms with Crippen LogP contribution in [0.4, 0.5) is 0 Å². The topological polar surface area (TPSA) is 71.8 Å². The minimum atomic E-state index is 0.0321. The number of carbonyl (C=O) groups excluding carboxylic acids is 1. The Morgan fingerprint density at radius 2 is 2.28 bits per heavy atom. The van der Waals surface area contributed by atoms with E-state index < -0.39 is 0 Å². The second-order valence-electron chi connectivity index (χ2n) is 4.88. The molecule has 0 bridgehead atoms. The molecule has 0 fully saturated rings. The van der Waals surface area contributed by atoms with Gasteiger partial charge in [-0.1, -0.05) is 13.8 Å². The summed E-state index contributed by atoms with van der Waals surface area (Å²) in [5, 5.41) is 14.7. The molecule has 0 atom stereocenters. The van der Waals surface area contributed by atoms with Crippen LogP contribution in [0, 0.1) is 5.92 Å². The van der Waals surface area contributed by atoms with Crippen LogP contribution < -0.4 is 10.6 Å². The highest BCUT2D eigenvalue weighted by molar-refractivity contribution is 5.77. The van der Waals surface area contributed by atoms with Gasteiger partial charge in [-0.15, -0.1) is 10.2 Å². The first kappa shape index (κ1) is 13.0. The van der Waals surface area contributed by atoms with Gasteiger partial charge in [0.1, 0.15) is 11.6 Å². The van der Waals surface area contributed by atoms with Gasteiger partial charge in [-0.3, -0.25) is 4.79 Å². The van der Waals surface area contributed by atoms with Crippen LogP contribution in [0.25, 0.3) is 0 Å². The third kappa shape index (κ3) is 3.07. The molecule has 0 spiro atoms. The summed E-state index contributed by atoms with van der Waals surface area (Å²) >= 11 is 0. The standard InChI is InChI=1S/C12H21N5O/c1-9(2)12(18)14-6-4-11-16-15-10-3-5-13-7-8-17(10)11/h9,13H,3-8H2,1-2H3,(H,14,18). The Bertz CT molecular complexity index is 413. The van der Waals surface area contributed by atoms with Crippen molar-refractivity contribution in [2.24, 2.45) is 5.92 Å². The van der Waals surface area contributed by atoms with Crippen molar-refractivity contribution in [3.63, 3.8) is 0 Å². The Morgan fingerprint density at radius 1 is 1.44 bits per heavy atom. The highest BCUT2D eigenvalue weighted by atomic mass is 16.1. The SMILES string of the molecule is CC(C)C(=O)NCCc1nnc2n1CCNCC2. The number of rotatable bonds is 4. The lowest BCUT2D eigenvalue weighted by Crippen LogP contribution is -2.30. The van der Waals surface area contributed by atoms with E-state index in [2.05, 4.69) is 25.4 Å². The van der Waals surface area contributed by atoms with Crippen molar-refractivity contribution in [1.82, 2.24) is 25.4 Å². The molecule has 2 N–H and O–H groups in total. The summed E-state index contributed by atoms with van der Waals surface area (Å²) in [7, 11) is 0. The van der Waals surface area contributed by atoms with E-state index in [1.54, 1.807) is 0 Å². The Labute approximate surface area is 107 Å². The largest absolute Gasteiger partial charge is 0.355 e. The Kier molecular flexibility index (Phi) is 4.30. The van der Waals surface area contributed by atoms with E-state index in [9.17, 15) is 4.79 Å². The molecular formula is C12H21N5O. The maximum Gasteiger partial charge on any atom is 0.222 e. The molecule has 6 heteroatoms. The summed E-state index contributed by atoms with van der Waals surface area (Å²) in [6.45, 7) is 7.24. The second-order valence-corrected chi connectivity index (χ2v) is 4.88. The van der Waals surface area contributed by atoms with Crippen LogP contribution in [0.2, 0.25) is 0 Å². The van der Waals surface area contributed by atoms with Gasteiger partial charge in [0, 0.05) is 44.9 Å². The van der Waals surface area contributed by atoms with E-state index in [-0.39, 0.29) is 11.8 Å². The fourth-order valence-corrected chi connectivity index (χ4v) is 2.02. The van der Waals surface area contributed by atoms with E-state index in [4.69, 9.17) is 0 Å². The molecule has 2 heterocycles. The Hall–Kier alpha value is -1.43. The average Bonchev–Trinajstić information content (AvgIpc) is 2.59. The number of hydrogen-bond donors (Lipinski definition) is 2. The summed E-state index contributed by atoms with van der Waals surface area (Å²) in [5.41, 5.74) is 0. The predicted molar refractivity (Wildman–Crippen MR) is 68.1 cm³/mol. The number of aromatic nitrogens is 3. The van der Waals surface area contributed by atoms with Gasteiger partial charge in [0.25, 0.3) is 0 Å². The first-order valence-electron chi connectivity index (χ1n) is 6.58. The fraction of sp³-hybridized carbons (Fsp3) is 0.750. The quantitative estimate of drug-likeness (QED) is 0.773. The zero-order valence-corrected chi connectivity index (χ0v) is 11.1. The van der Waals surface area contributed by atoms with Gasteiger partial charge < -0.3 is 15.2 Å². The molecule has 0 saturated heterocycles. The summed E-state index contributed by atoms with van der Waals surface area (Å²) in [5.74, 6) is 2.14. The monoisotopic (exact) mass is 251 g/mol. The number of amides is 1. The first-order valence-corrected chi connectivity index (χ1v) is 6.58. The van der Waals surface area contributed by atoms with Gasteiger partial charge in [0.15, 0.2) is 0 Å². The average molecular weight is 251 g/mol. The molecule has 0 saturated carbocycles. The van der Waals surface area contributed by atoms with Crippen molar-refractivity contribution in [2.45, 2.75) is 33.2 Å². The number of nitrogens with one attached hydrogen (secondary N) is 2. The molecule has 18 heavy (non-hydrogen) atoms. The van der Waals surface area contributed by atoms with Crippen molar-refractivity contribution in [3.8, 4) is 0 Å². The fourth-order valence-electron chi connectivity index (χ4n) is 2.02. The van der Waals surface area contributed by atoms with Crippen LogP contribution in [0.5, 0.6) is 0 Å². The van der Waals surface area contributed by atoms with E-state index in [0.29, 0.717) is 6.54 Å². The number of fused-ring (bicyclic) bond motifs is 1. The van der Waals surface area contributed by atoms with Gasteiger partial charge in [0.05, 0.1) is 0 Å². The molecule has 0 aromatic carbocycles. The molecule has 1 amide bonds. The molecule has 1 aromatic rings. The summed E-state index contributed by atoms with van der Waals surface area (Å²) < 4.78 is 2.17. The molecule has 1 aliphatic rings. The smallest absolute Gasteiger partial charge is 0.222 e. The van der Waals surface area contributed by atoms with Gasteiger partial charge >= 0.3 is 0 Å². The lowest BCUT2D eigenvalue weighted by atomic mass is 10.2. The van der Waals surface area contributed by atoms with Gasteiger partial charge in [-0.25, -0.2) is 0 Å². The van der Waals surface area contributed by atoms with Crippen molar-refractivity contribution in [1.29, 1.82) is 0 Å². The zero-order chi connectivity index (χ0) is 13.0. The number of hydrogen-bond acceptors (Lipinski definition) is 4. The Morgan fingerprint density at radius 3 is 3.06 bits per heavy atom. The molecule has 100 valence electrons. The number of carbonyl (C=O) groups is 1. The van der Waals surface area contributed by atoms with Crippen LogP contribution >= 0.6 is 0 Å². The number of nitrogens with zero attached hydrogens (tertiary/aromatic N) is 3. The van der Waals surface area contributed by atoms with Crippen molar-refractivity contribution >= 4 is 5.91 Å². The van der Waals surface area contributed by atoms with Crippen LogP contribution in [-0.2, 0) is 24.2 Å². The maximum atomic E-state index is 11.5. The normalized spacial score (nSPS) is 15.3. The molecule has 0 unspecified atom stereocenters. The first-order chi connectivity index (χ1) is 8.68. The molecule has 0 radical (unpaired) electrons. The van der Waals surface area contributed by atoms with Gasteiger partial charge in [0.2, 0.25) is 5.91 Å². The van der Waals surface area contributed by atoms with Gasteiger partial charge in [-0.05, 0) is 0 Å². The lowest BCUT2D eigenvalue weighted by Gasteiger charge is -2.09. The summed E-state index contributed by atoms with van der Waals surface area (Å²) in [6, 6.07) is 0. The molecule has 0 aliphatic carbocycles. The summed E-state index contributed by atoms with van der Waals surface area (Å²) in [4.78, 5) is 11.5. The maximum absolute atomic E-state index is 11.5. The third-order valence-corrected chi connectivity index (χ3v) is 3.11. The molecular weight excluding hydrogens is 230 g/mol. The van der Waals surface area contributed by atoms with E-state index in [1.165, 1.54) is 0 Å². The van der Waals surface area contributed by atoms with Gasteiger partial charge in [-0.2, -0.15) is 0 Å². The minimum absolute atomic E-state index is 0.0321. The minimum Gasteiger partial charge on any atom is -0.355 e. The van der Waals surface area contributed by atoms with Crippen LogP contribution in [0.15, 0.2) is 0 Å². The van der Waals surface area contributed by atoms with Crippen LogP contribution in [-0.4, -0.2) is 40.3 Å². The predicted octanol–water partition coefficient (Wildman–Crippen LogP) is -0.261. The lowest BCUT2D eigenvalue weighted by molar-refractivity contribution is -0.123. The third-order valence-electron chi connectivity index (χ3n) is 3.11. The van der Waals surface area contributed by atoms with E-state index >= 15 is 0 Å². The van der Waals surface area contributed by atoms with Crippen LogP contribution in [0.3, 0.4) is 0 Å². The van der Waals surface area contributed by atoms with E-state index in [0.717, 1.165) is 44.1 Å². The molecule has 6 nitrogen and oxygen atoms in total. The molecule has 1 aromatic heterocycles. The summed E-state index contributed by atoms with van der Waals surface area (Å²) in [6.07, 6.45) is 1.66. The van der Waals surface area contributed by atoms with Crippen molar-refractivity contribution in [3.05, 3.63) is 11.6 Å². The highest BCUT2D eigenvalue weighted by Gasteiger charge is 2.14.